The van der Waals surface area contributed by atoms with Crippen LogP contribution in [0.15, 0.2) is 22.7 Å². The third-order valence-corrected chi connectivity index (χ3v) is 3.16. The smallest absolute Gasteiger partial charge is 0.305 e. The average molecular weight is 343 g/mol. The summed E-state index contributed by atoms with van der Waals surface area (Å²) < 4.78 is 18.7. The van der Waals surface area contributed by atoms with Gasteiger partial charge in [0.05, 0.1) is 17.7 Å². The summed E-state index contributed by atoms with van der Waals surface area (Å²) in [6.07, 6.45) is 0. The molecule has 2 N–H and O–H groups in total. The highest BCUT2D eigenvalue weighted by atomic mass is 79.9. The van der Waals surface area contributed by atoms with Gasteiger partial charge in [0.1, 0.15) is 4.47 Å². The molecule has 1 aromatic carbocycles. The first-order chi connectivity index (χ1) is 9.43. The van der Waals surface area contributed by atoms with E-state index in [1.165, 1.54) is 13.2 Å². The van der Waals surface area contributed by atoms with Gasteiger partial charge < -0.3 is 10.5 Å². The van der Waals surface area contributed by atoms with Crippen LogP contribution in [0.4, 0.5) is 16.0 Å². The molecule has 0 radical (unpaired) electrons. The number of nitro groups is 1. The van der Waals surface area contributed by atoms with Crippen molar-refractivity contribution in [2.75, 3.05) is 12.8 Å². The molecule has 0 amide bonds. The lowest BCUT2D eigenvalue weighted by Gasteiger charge is -2.08. The van der Waals surface area contributed by atoms with E-state index in [2.05, 4.69) is 25.9 Å². The van der Waals surface area contributed by atoms with E-state index in [1.54, 1.807) is 0 Å². The van der Waals surface area contributed by atoms with Gasteiger partial charge >= 0.3 is 5.69 Å². The summed E-state index contributed by atoms with van der Waals surface area (Å²) in [7, 11) is 1.39. The van der Waals surface area contributed by atoms with Gasteiger partial charge in [0.25, 0.3) is 0 Å². The van der Waals surface area contributed by atoms with Crippen molar-refractivity contribution < 1.29 is 14.1 Å². The highest BCUT2D eigenvalue weighted by Gasteiger charge is 2.19. The Morgan fingerprint density at radius 2 is 2.15 bits per heavy atom. The largest absolute Gasteiger partial charge is 0.480 e. The van der Waals surface area contributed by atoms with Crippen molar-refractivity contribution in [2.45, 2.75) is 0 Å². The first-order valence-electron chi connectivity index (χ1n) is 5.25. The maximum Gasteiger partial charge on any atom is 0.305 e. The van der Waals surface area contributed by atoms with E-state index in [1.807, 2.05) is 0 Å². The van der Waals surface area contributed by atoms with Gasteiger partial charge in [-0.25, -0.2) is 4.98 Å². The number of nitrogens with two attached hydrogens (primary N) is 1. The predicted octanol–water partition coefficient (Wildman–Crippen LogP) is 2.54. The van der Waals surface area contributed by atoms with Crippen molar-refractivity contribution in [3.05, 3.63) is 38.6 Å². The number of rotatable bonds is 3. The normalized spacial score (nSPS) is 10.3. The van der Waals surface area contributed by atoms with Crippen LogP contribution in [0.1, 0.15) is 0 Å². The third kappa shape index (κ3) is 2.52. The van der Waals surface area contributed by atoms with Crippen LogP contribution >= 0.6 is 15.9 Å². The van der Waals surface area contributed by atoms with Gasteiger partial charge in [0, 0.05) is 11.6 Å². The third-order valence-electron chi connectivity index (χ3n) is 2.45. The van der Waals surface area contributed by atoms with Crippen molar-refractivity contribution >= 4 is 27.6 Å². The Kier molecular flexibility index (Phi) is 3.79. The minimum absolute atomic E-state index is 0.0629. The van der Waals surface area contributed by atoms with Crippen LogP contribution in [-0.4, -0.2) is 22.0 Å². The second-order valence-corrected chi connectivity index (χ2v) is 4.47. The number of anilines is 1. The first kappa shape index (κ1) is 14.1. The van der Waals surface area contributed by atoms with Crippen molar-refractivity contribution in [1.82, 2.24) is 9.97 Å². The van der Waals surface area contributed by atoms with E-state index in [0.29, 0.717) is 10.0 Å². The second kappa shape index (κ2) is 5.37. The maximum absolute atomic E-state index is 13.3. The Hall–Kier alpha value is -2.29. The van der Waals surface area contributed by atoms with E-state index in [-0.39, 0.29) is 17.5 Å². The highest BCUT2D eigenvalue weighted by Crippen LogP contribution is 2.35. The molecule has 104 valence electrons. The summed E-state index contributed by atoms with van der Waals surface area (Å²) in [5.41, 5.74) is 5.48. The van der Waals surface area contributed by atoms with E-state index >= 15 is 0 Å². The number of hydrogen-bond donors (Lipinski definition) is 1. The lowest BCUT2D eigenvalue weighted by atomic mass is 10.1. The number of nitro benzene ring substituents is 1. The van der Waals surface area contributed by atoms with Crippen LogP contribution < -0.4 is 10.5 Å². The highest BCUT2D eigenvalue weighted by molar-refractivity contribution is 9.10. The summed E-state index contributed by atoms with van der Waals surface area (Å²) in [6, 6.07) is 3.42. The predicted molar refractivity (Wildman–Crippen MR) is 72.7 cm³/mol. The number of benzene rings is 1. The van der Waals surface area contributed by atoms with Crippen LogP contribution in [-0.2, 0) is 0 Å². The zero-order valence-corrected chi connectivity index (χ0v) is 11.7. The fourth-order valence-corrected chi connectivity index (χ4v) is 2.14. The monoisotopic (exact) mass is 342 g/mol. The van der Waals surface area contributed by atoms with Gasteiger partial charge in [-0.15, -0.1) is 0 Å². The fourth-order valence-electron chi connectivity index (χ4n) is 1.57. The van der Waals surface area contributed by atoms with Gasteiger partial charge in [0.15, 0.2) is 0 Å². The number of methoxy groups -OCH3 is 1. The van der Waals surface area contributed by atoms with Gasteiger partial charge in [-0.2, -0.15) is 9.37 Å². The lowest BCUT2D eigenvalue weighted by Crippen LogP contribution is -2.01. The van der Waals surface area contributed by atoms with Crippen LogP contribution in [0, 0.1) is 15.9 Å². The Balaban J connectivity index is 2.65. The minimum Gasteiger partial charge on any atom is -0.480 e. The molecule has 0 saturated heterocycles. The molecule has 1 heterocycles. The lowest BCUT2D eigenvalue weighted by molar-refractivity contribution is -0.387. The molecular formula is C11H8BrFN4O3. The van der Waals surface area contributed by atoms with Crippen LogP contribution in [0.25, 0.3) is 11.3 Å². The van der Waals surface area contributed by atoms with E-state index in [0.717, 1.165) is 12.1 Å². The Morgan fingerprint density at radius 1 is 1.45 bits per heavy atom. The van der Waals surface area contributed by atoms with Gasteiger partial charge in [-0.05, 0) is 28.1 Å². The molecule has 7 nitrogen and oxygen atoms in total. The molecule has 2 rings (SSSR count). The fraction of sp³-hybridized carbons (Fsp3) is 0.0909. The van der Waals surface area contributed by atoms with Crippen molar-refractivity contribution in [2.24, 2.45) is 0 Å². The number of aromatic nitrogens is 2. The van der Waals surface area contributed by atoms with Crippen LogP contribution in [0.5, 0.6) is 5.88 Å². The van der Waals surface area contributed by atoms with E-state index < -0.39 is 16.4 Å². The van der Waals surface area contributed by atoms with Gasteiger partial charge in [-0.3, -0.25) is 10.1 Å². The molecule has 0 spiro atoms. The molecule has 0 bridgehead atoms. The second-order valence-electron chi connectivity index (χ2n) is 3.68. The quantitative estimate of drug-likeness (QED) is 0.678. The van der Waals surface area contributed by atoms with Crippen LogP contribution in [0.3, 0.4) is 0 Å². The van der Waals surface area contributed by atoms with E-state index in [4.69, 9.17) is 10.5 Å². The molecule has 2 aromatic rings. The Labute approximate surface area is 120 Å². The topological polar surface area (TPSA) is 104 Å². The molecule has 9 heteroatoms. The van der Waals surface area contributed by atoms with Crippen molar-refractivity contribution in [3.8, 4) is 17.1 Å². The Morgan fingerprint density at radius 3 is 2.75 bits per heavy atom. The first-order valence-corrected chi connectivity index (χ1v) is 6.04. The molecule has 0 saturated carbocycles. The maximum atomic E-state index is 13.3. The summed E-state index contributed by atoms with van der Waals surface area (Å²) in [4.78, 5) is 17.8. The SMILES string of the molecule is COc1nc(N)nc(-c2ccc(F)c([N+](=O)[O-])c2)c1Br. The summed E-state index contributed by atoms with van der Waals surface area (Å²) >= 11 is 3.22. The molecule has 0 aliphatic rings. The number of ether oxygens (including phenoxy) is 1. The molecule has 0 atom stereocenters. The van der Waals surface area contributed by atoms with Crippen LogP contribution in [0.2, 0.25) is 0 Å². The zero-order valence-electron chi connectivity index (χ0n) is 10.1. The van der Waals surface area contributed by atoms with E-state index in [9.17, 15) is 14.5 Å². The number of halogens is 2. The Bertz CT molecular complexity index is 696. The summed E-state index contributed by atoms with van der Waals surface area (Å²) in [5, 5.41) is 10.8. The number of nitrogens with zero attached hydrogens (tertiary/aromatic N) is 3. The molecule has 20 heavy (non-hydrogen) atoms. The number of nitrogen functional groups attached to an aromatic ring is 1. The minimum atomic E-state index is -0.927. The zero-order chi connectivity index (χ0) is 14.9. The molecule has 0 aliphatic heterocycles. The van der Waals surface area contributed by atoms with Gasteiger partial charge in [0.2, 0.25) is 17.6 Å². The van der Waals surface area contributed by atoms with Gasteiger partial charge in [-0.1, -0.05) is 0 Å². The molecule has 0 unspecified atom stereocenters. The molecule has 0 fully saturated rings. The van der Waals surface area contributed by atoms with Crippen molar-refractivity contribution in [1.29, 1.82) is 0 Å². The summed E-state index contributed by atoms with van der Waals surface area (Å²) in [5.74, 6) is -0.810. The summed E-state index contributed by atoms with van der Waals surface area (Å²) in [6.45, 7) is 0. The average Bonchev–Trinajstić information content (AvgIpc) is 2.41. The molecule has 0 aliphatic carbocycles. The van der Waals surface area contributed by atoms with Crippen molar-refractivity contribution in [3.63, 3.8) is 0 Å². The molecular weight excluding hydrogens is 335 g/mol. The standard InChI is InChI=1S/C11H8BrFN4O3/c1-20-10-8(12)9(15-11(14)16-10)5-2-3-6(13)7(4-5)17(18)19/h2-4H,1H3,(H2,14,15,16). The molecule has 1 aromatic heterocycles. The number of hydrogen-bond acceptors (Lipinski definition) is 6.